The van der Waals surface area contributed by atoms with Crippen LogP contribution in [-0.4, -0.2) is 35.8 Å². The molecule has 3 rings (SSSR count). The SMILES string of the molecule is O[C@H](C1C[C](C2[CH]CC(C(F)(F)F)=CC2)N[C](C(F)(F)F)C1)[C@H]1CC=CC=N1. The summed E-state index contributed by atoms with van der Waals surface area (Å²) in [4.78, 5) is 4.14. The highest BCUT2D eigenvalue weighted by Gasteiger charge is 2.49. The Balaban J connectivity index is 1.73. The molecule has 2 N–H and O–H groups in total. The summed E-state index contributed by atoms with van der Waals surface area (Å²) in [5.41, 5.74) is -0.680. The van der Waals surface area contributed by atoms with Gasteiger partial charge in [0.05, 0.1) is 12.1 Å². The van der Waals surface area contributed by atoms with Gasteiger partial charge in [0, 0.05) is 17.8 Å². The van der Waals surface area contributed by atoms with E-state index in [1.54, 1.807) is 12.2 Å². The van der Waals surface area contributed by atoms with Crippen LogP contribution in [0.1, 0.15) is 32.1 Å². The molecule has 155 valence electrons. The highest BCUT2D eigenvalue weighted by molar-refractivity contribution is 5.72. The van der Waals surface area contributed by atoms with E-state index < -0.39 is 47.9 Å². The van der Waals surface area contributed by atoms with Crippen LogP contribution in [0.25, 0.3) is 0 Å². The number of nitrogens with one attached hydrogen (secondary N) is 1. The van der Waals surface area contributed by atoms with Crippen LogP contribution < -0.4 is 5.32 Å². The first-order chi connectivity index (χ1) is 13.1. The number of hydrogen-bond donors (Lipinski definition) is 2. The van der Waals surface area contributed by atoms with Crippen molar-refractivity contribution in [3.63, 3.8) is 0 Å². The molecule has 2 unspecified atom stereocenters. The fourth-order valence-electron chi connectivity index (χ4n) is 3.86. The number of aliphatic hydroxyl groups is 1. The van der Waals surface area contributed by atoms with Gasteiger partial charge in [0.1, 0.15) is 6.04 Å². The standard InChI is InChI=1S/C19H21F6N2O/c20-18(21,22)13-6-4-11(5-7-13)15-9-12(10-16(27-15)19(23,24)25)17(28)14-3-1-2-8-26-14/h1-2,4,7-8,11-12,14,17,27-28H,3,5-6,9-10H2/t11?,12?,14-,17-/m1/s1. The van der Waals surface area contributed by atoms with E-state index in [0.717, 1.165) is 6.08 Å². The topological polar surface area (TPSA) is 44.6 Å². The Labute approximate surface area is 159 Å². The van der Waals surface area contributed by atoms with Crippen LogP contribution in [0.15, 0.2) is 28.8 Å². The Bertz CT molecular complexity index is 639. The number of piperidine rings is 1. The molecular formula is C19H21F6N2O. The van der Waals surface area contributed by atoms with Crippen molar-refractivity contribution in [1.82, 2.24) is 5.32 Å². The quantitative estimate of drug-likeness (QED) is 0.536. The minimum Gasteiger partial charge on any atom is -0.391 e. The first-order valence-electron chi connectivity index (χ1n) is 9.07. The summed E-state index contributed by atoms with van der Waals surface area (Å²) < 4.78 is 78.5. The van der Waals surface area contributed by atoms with Crippen molar-refractivity contribution >= 4 is 6.21 Å². The second-order valence-corrected chi connectivity index (χ2v) is 7.32. The van der Waals surface area contributed by atoms with E-state index in [9.17, 15) is 31.4 Å². The number of hydrogen-bond acceptors (Lipinski definition) is 3. The Hall–Kier alpha value is -1.35. The van der Waals surface area contributed by atoms with Gasteiger partial charge >= 0.3 is 12.4 Å². The number of alkyl halides is 6. The monoisotopic (exact) mass is 407 g/mol. The Morgan fingerprint density at radius 2 is 1.82 bits per heavy atom. The van der Waals surface area contributed by atoms with Gasteiger partial charge in [0.25, 0.3) is 0 Å². The normalized spacial score (nSPS) is 31.7. The second kappa shape index (κ2) is 8.18. The van der Waals surface area contributed by atoms with Crippen molar-refractivity contribution in [2.45, 2.75) is 56.6 Å². The summed E-state index contributed by atoms with van der Waals surface area (Å²) in [6.07, 6.45) is -2.78. The lowest BCUT2D eigenvalue weighted by atomic mass is 9.74. The molecule has 28 heavy (non-hydrogen) atoms. The van der Waals surface area contributed by atoms with Crippen LogP contribution in [0.4, 0.5) is 26.3 Å². The average Bonchev–Trinajstić information content (AvgIpc) is 2.66. The van der Waals surface area contributed by atoms with Gasteiger partial charge in [-0.2, -0.15) is 26.3 Å². The van der Waals surface area contributed by atoms with Crippen LogP contribution in [-0.2, 0) is 0 Å². The number of rotatable bonds is 3. The van der Waals surface area contributed by atoms with E-state index in [2.05, 4.69) is 10.3 Å². The maximum absolute atomic E-state index is 13.4. The predicted molar refractivity (Wildman–Crippen MR) is 91.6 cm³/mol. The zero-order valence-electron chi connectivity index (χ0n) is 14.9. The summed E-state index contributed by atoms with van der Waals surface area (Å²) >= 11 is 0. The molecule has 1 fully saturated rings. The zero-order chi connectivity index (χ0) is 20.5. The van der Waals surface area contributed by atoms with E-state index in [1.807, 2.05) is 0 Å². The molecule has 0 amide bonds. The second-order valence-electron chi connectivity index (χ2n) is 7.32. The lowest BCUT2D eigenvalue weighted by Crippen LogP contribution is -2.49. The Kier molecular flexibility index (Phi) is 6.24. The van der Waals surface area contributed by atoms with Gasteiger partial charge in [-0.15, -0.1) is 0 Å². The number of aliphatic hydroxyl groups excluding tert-OH is 1. The summed E-state index contributed by atoms with van der Waals surface area (Å²) in [7, 11) is 0. The molecule has 1 saturated heterocycles. The maximum atomic E-state index is 13.4. The Morgan fingerprint density at radius 3 is 2.36 bits per heavy atom. The number of dihydropyridines is 1. The van der Waals surface area contributed by atoms with Crippen molar-refractivity contribution < 1.29 is 31.4 Å². The lowest BCUT2D eigenvalue weighted by molar-refractivity contribution is -0.131. The smallest absolute Gasteiger partial charge is 0.391 e. The van der Waals surface area contributed by atoms with Crippen LogP contribution in [0.2, 0.25) is 0 Å². The van der Waals surface area contributed by atoms with Gasteiger partial charge in [-0.05, 0) is 56.4 Å². The lowest BCUT2D eigenvalue weighted by Gasteiger charge is -2.42. The van der Waals surface area contributed by atoms with E-state index in [-0.39, 0.29) is 25.7 Å². The number of halogens is 6. The first kappa shape index (κ1) is 21.4. The van der Waals surface area contributed by atoms with Gasteiger partial charge in [-0.3, -0.25) is 10.3 Å². The molecule has 3 nitrogen and oxygen atoms in total. The molecule has 2 aliphatic heterocycles. The summed E-state index contributed by atoms with van der Waals surface area (Å²) in [6, 6.07) is -1.08. The average molecular weight is 407 g/mol. The fraction of sp³-hybridized carbons (Fsp3) is 0.579. The van der Waals surface area contributed by atoms with Gasteiger partial charge in [0.15, 0.2) is 0 Å². The summed E-state index contributed by atoms with van der Waals surface area (Å²) in [6.45, 7) is 0. The molecule has 4 atom stereocenters. The molecule has 0 saturated carbocycles. The minimum absolute atomic E-state index is 0.0184. The van der Waals surface area contributed by atoms with Gasteiger partial charge in [-0.1, -0.05) is 12.2 Å². The summed E-state index contributed by atoms with van der Waals surface area (Å²) in [5, 5.41) is 13.0. The molecule has 0 bridgehead atoms. The molecule has 0 spiro atoms. The maximum Gasteiger partial charge on any atom is 0.412 e. The Morgan fingerprint density at radius 1 is 1.07 bits per heavy atom. The third kappa shape index (κ3) is 4.97. The van der Waals surface area contributed by atoms with Gasteiger partial charge in [0.2, 0.25) is 0 Å². The van der Waals surface area contributed by atoms with Crippen molar-refractivity contribution in [3.8, 4) is 0 Å². The van der Waals surface area contributed by atoms with Crippen molar-refractivity contribution in [1.29, 1.82) is 0 Å². The highest BCUT2D eigenvalue weighted by atomic mass is 19.4. The predicted octanol–water partition coefficient (Wildman–Crippen LogP) is 4.48. The zero-order valence-corrected chi connectivity index (χ0v) is 14.9. The molecule has 0 aromatic rings. The fourth-order valence-corrected chi connectivity index (χ4v) is 3.86. The molecule has 3 aliphatic rings. The van der Waals surface area contributed by atoms with E-state index in [0.29, 0.717) is 12.5 Å². The molecule has 3 radical (unpaired) electrons. The molecule has 9 heteroatoms. The molecular weight excluding hydrogens is 386 g/mol. The molecule has 0 aromatic carbocycles. The van der Waals surface area contributed by atoms with Crippen LogP contribution >= 0.6 is 0 Å². The molecule has 1 aliphatic carbocycles. The van der Waals surface area contributed by atoms with Crippen molar-refractivity contribution in [2.24, 2.45) is 16.8 Å². The molecule has 2 heterocycles. The van der Waals surface area contributed by atoms with Crippen molar-refractivity contribution in [2.75, 3.05) is 0 Å². The highest BCUT2D eigenvalue weighted by Crippen LogP contribution is 2.45. The molecule has 0 aromatic heterocycles. The third-order valence-electron chi connectivity index (χ3n) is 5.41. The van der Waals surface area contributed by atoms with Crippen LogP contribution in [0.5, 0.6) is 0 Å². The number of nitrogens with zero attached hydrogens (tertiary/aromatic N) is 1. The third-order valence-corrected chi connectivity index (χ3v) is 5.41. The van der Waals surface area contributed by atoms with E-state index >= 15 is 0 Å². The van der Waals surface area contributed by atoms with Gasteiger partial charge in [-0.25, -0.2) is 0 Å². The van der Waals surface area contributed by atoms with E-state index in [4.69, 9.17) is 0 Å². The van der Waals surface area contributed by atoms with Crippen LogP contribution in [0, 0.1) is 30.3 Å². The number of aliphatic imine (C=N–C) groups is 1. The van der Waals surface area contributed by atoms with E-state index in [1.165, 1.54) is 12.6 Å². The van der Waals surface area contributed by atoms with Crippen molar-refractivity contribution in [3.05, 3.63) is 42.3 Å². The number of allylic oxidation sites excluding steroid dienone is 3. The van der Waals surface area contributed by atoms with Gasteiger partial charge < -0.3 is 5.11 Å². The minimum atomic E-state index is -4.60. The largest absolute Gasteiger partial charge is 0.412 e. The first-order valence-corrected chi connectivity index (χ1v) is 9.07. The summed E-state index contributed by atoms with van der Waals surface area (Å²) in [5.74, 6) is -1.25. The van der Waals surface area contributed by atoms with Crippen LogP contribution in [0.3, 0.4) is 0 Å².